The van der Waals surface area contributed by atoms with Crippen LogP contribution in [-0.4, -0.2) is 47.8 Å². The topological polar surface area (TPSA) is 321 Å². The van der Waals surface area contributed by atoms with Gasteiger partial charge >= 0.3 is 122 Å². The van der Waals surface area contributed by atoms with Crippen LogP contribution in [0.3, 0.4) is 0 Å². The minimum absolute atomic E-state index is 0. The minimum atomic E-state index is -2.19. The zero-order chi connectivity index (χ0) is 20.6. The van der Waals surface area contributed by atoms with Crippen LogP contribution in [0.4, 0.5) is 0 Å². The molecule has 0 saturated heterocycles. The standard InChI is InChI=1S/4C2H2O4.Eu.Gd.Y/c4*3-1(4)2(5)6;;;/h4*(H,3,4)(H,5,6);;;/q;;;;+2;2*+3/p-8. The smallest absolute Gasteiger partial charge is 0.543 e. The molecule has 0 fully saturated rings. The zero-order valence-electron chi connectivity index (χ0n) is 11.8. The summed E-state index contributed by atoms with van der Waals surface area (Å²) in [4.78, 5) is 71.4. The third kappa shape index (κ3) is 58.5. The van der Waals surface area contributed by atoms with Gasteiger partial charge in [0.05, 0.1) is 47.8 Å². The third-order valence-corrected chi connectivity index (χ3v) is 0.667. The molecule has 0 saturated carbocycles. The normalized spacial score (nSPS) is 6.52. The first-order valence-electron chi connectivity index (χ1n) is 4.27. The van der Waals surface area contributed by atoms with Crippen molar-refractivity contribution >= 4 is 47.8 Å². The fraction of sp³-hybridized carbons (Fsp3) is 0. The molecule has 0 aromatic heterocycles. The minimum Gasteiger partial charge on any atom is -0.543 e. The number of aliphatic carboxylic acids is 8. The van der Waals surface area contributed by atoms with Crippen molar-refractivity contribution < 1.29 is 201 Å². The molecule has 16 nitrogen and oxygen atoms in total. The van der Waals surface area contributed by atoms with Crippen LogP contribution >= 0.6 is 0 Å². The Hall–Kier alpha value is -0.227. The third-order valence-electron chi connectivity index (χ3n) is 0.667. The predicted molar refractivity (Wildman–Crippen MR) is 40.1 cm³/mol. The van der Waals surface area contributed by atoms with E-state index in [2.05, 4.69) is 0 Å². The van der Waals surface area contributed by atoms with Crippen LogP contribution in [-0.2, 0) is 71.1 Å². The van der Waals surface area contributed by atoms with Gasteiger partial charge in [0.1, 0.15) is 0 Å². The Morgan fingerprint density at radius 1 is 0.333 bits per heavy atom. The fourth-order valence-corrected chi connectivity index (χ4v) is 0. The van der Waals surface area contributed by atoms with Gasteiger partial charge in [0.15, 0.2) is 0 Å². The van der Waals surface area contributed by atoms with E-state index in [1.807, 2.05) is 0 Å². The summed E-state index contributed by atoms with van der Waals surface area (Å²) >= 11 is 0. The van der Waals surface area contributed by atoms with Crippen molar-refractivity contribution in [3.63, 3.8) is 0 Å². The molecule has 19 heteroatoms. The largest absolute Gasteiger partial charge is 3.00 e. The summed E-state index contributed by atoms with van der Waals surface area (Å²) in [6.45, 7) is 0. The maximum absolute atomic E-state index is 8.93. The number of carboxylic acid groups (broad SMARTS) is 8. The first-order chi connectivity index (χ1) is 10.6. The second-order valence-electron chi connectivity index (χ2n) is 2.30. The molecule has 0 bridgehead atoms. The summed E-state index contributed by atoms with van der Waals surface area (Å²) < 4.78 is 0. The fourth-order valence-electron chi connectivity index (χ4n) is 0. The van der Waals surface area contributed by atoms with E-state index < -0.39 is 47.8 Å². The molecule has 2 radical (unpaired) electrons. The SMILES string of the molecule is O=C([O-])C(=O)[O-].O=C([O-])C(=O)[O-].O=C([O-])C(=O)[O-].O=C([O-])C(=O)[O-].[Eu+2].[Gd+3].[Y+3]. The van der Waals surface area contributed by atoms with E-state index in [9.17, 15) is 0 Å². The van der Waals surface area contributed by atoms with Crippen molar-refractivity contribution in [3.05, 3.63) is 0 Å². The van der Waals surface area contributed by atoms with Crippen LogP contribution in [0.2, 0.25) is 0 Å². The summed E-state index contributed by atoms with van der Waals surface area (Å²) in [7, 11) is 0. The van der Waals surface area contributed by atoms with Crippen LogP contribution in [0.25, 0.3) is 0 Å². The molecule has 0 aliphatic carbocycles. The van der Waals surface area contributed by atoms with Crippen molar-refractivity contribution in [2.45, 2.75) is 0 Å². The van der Waals surface area contributed by atoms with E-state index in [0.29, 0.717) is 0 Å². The van der Waals surface area contributed by atoms with Gasteiger partial charge in [-0.15, -0.1) is 0 Å². The Morgan fingerprint density at radius 3 is 0.370 bits per heavy atom. The van der Waals surface area contributed by atoms with Gasteiger partial charge in [0, 0.05) is 0 Å². The molecule has 0 aliphatic heterocycles. The van der Waals surface area contributed by atoms with Crippen LogP contribution in [0.15, 0.2) is 0 Å². The molecule has 0 aliphatic rings. The van der Waals surface area contributed by atoms with Gasteiger partial charge in [0.25, 0.3) is 0 Å². The summed E-state index contributed by atoms with van der Waals surface area (Å²) in [5.74, 6) is -17.5. The Kier molecular flexibility index (Phi) is 47.1. The van der Waals surface area contributed by atoms with Crippen molar-refractivity contribution in [3.8, 4) is 0 Å². The van der Waals surface area contributed by atoms with Crippen molar-refractivity contribution in [2.24, 2.45) is 0 Å². The number of carboxylic acids is 8. The van der Waals surface area contributed by atoms with E-state index in [4.69, 9.17) is 79.2 Å². The van der Waals surface area contributed by atoms with E-state index in [0.717, 1.165) is 0 Å². The molecule has 0 aromatic carbocycles. The number of hydrogen-bond acceptors (Lipinski definition) is 16. The molecule has 0 aromatic rings. The monoisotopic (exact) mass is 752 g/mol. The predicted octanol–water partition coefficient (Wildman–Crippen LogP) is -14.1. The van der Waals surface area contributed by atoms with Gasteiger partial charge in [-0.3, -0.25) is 0 Å². The summed E-state index contributed by atoms with van der Waals surface area (Å²) in [6.07, 6.45) is 0. The van der Waals surface area contributed by atoms with E-state index in [-0.39, 0.29) is 122 Å². The quantitative estimate of drug-likeness (QED) is 0.208. The maximum Gasteiger partial charge on any atom is 3.00 e. The average molecular weight is 750 g/mol. The molecule has 146 valence electrons. The molecule has 0 N–H and O–H groups in total. The molecular weight excluding hydrogens is 750 g/mol. The maximum atomic E-state index is 8.93. The van der Waals surface area contributed by atoms with Gasteiger partial charge in [-0.05, 0) is 0 Å². The molecular formula is C8EuGdO16Y. The van der Waals surface area contributed by atoms with Crippen LogP contribution in [0.5, 0.6) is 0 Å². The second-order valence-corrected chi connectivity index (χ2v) is 2.30. The molecule has 0 spiro atoms. The van der Waals surface area contributed by atoms with Crippen molar-refractivity contribution in [2.75, 3.05) is 0 Å². The Balaban J connectivity index is -0.0000000381. The van der Waals surface area contributed by atoms with Crippen molar-refractivity contribution in [1.29, 1.82) is 0 Å². The van der Waals surface area contributed by atoms with E-state index in [1.54, 1.807) is 0 Å². The Labute approximate surface area is 245 Å². The Morgan fingerprint density at radius 2 is 0.370 bits per heavy atom. The number of carbonyl (C=O) groups excluding carboxylic acids is 8. The van der Waals surface area contributed by atoms with E-state index in [1.165, 1.54) is 0 Å². The summed E-state index contributed by atoms with van der Waals surface area (Å²) in [5, 5.41) is 71.4. The number of carbonyl (C=O) groups is 8. The van der Waals surface area contributed by atoms with Gasteiger partial charge in [-0.1, -0.05) is 0 Å². The molecule has 27 heavy (non-hydrogen) atoms. The zero-order valence-corrected chi connectivity index (χ0v) is 19.4. The molecule has 0 rings (SSSR count). The van der Waals surface area contributed by atoms with Gasteiger partial charge in [0.2, 0.25) is 0 Å². The van der Waals surface area contributed by atoms with Crippen LogP contribution < -0.4 is 40.9 Å². The first kappa shape index (κ1) is 45.5. The first-order valence-corrected chi connectivity index (χ1v) is 4.27. The van der Waals surface area contributed by atoms with Crippen LogP contribution in [0, 0.1) is 89.3 Å². The Bertz CT molecular complexity index is 401. The summed E-state index contributed by atoms with van der Waals surface area (Å²) in [5.41, 5.74) is 0. The van der Waals surface area contributed by atoms with Gasteiger partial charge in [-0.2, -0.15) is 0 Å². The van der Waals surface area contributed by atoms with Crippen LogP contribution in [0.1, 0.15) is 0 Å². The second kappa shape index (κ2) is 28.0. The molecule has 0 unspecified atom stereocenters. The number of rotatable bonds is 0. The van der Waals surface area contributed by atoms with Gasteiger partial charge < -0.3 is 79.2 Å². The molecule has 0 amide bonds. The van der Waals surface area contributed by atoms with Gasteiger partial charge in [-0.25, -0.2) is 0 Å². The molecule has 0 atom stereocenters. The molecule has 0 heterocycles. The van der Waals surface area contributed by atoms with Crippen molar-refractivity contribution in [1.82, 2.24) is 0 Å². The number of hydrogen-bond donors (Lipinski definition) is 0. The average Bonchev–Trinajstić information content (AvgIpc) is 2.40. The van der Waals surface area contributed by atoms with E-state index >= 15 is 0 Å². The summed E-state index contributed by atoms with van der Waals surface area (Å²) in [6, 6.07) is 0.